The monoisotopic (exact) mass is 347 g/mol. The Morgan fingerprint density at radius 2 is 1.80 bits per heavy atom. The summed E-state index contributed by atoms with van der Waals surface area (Å²) in [5.41, 5.74) is -0.0104. The largest absolute Gasteiger partial charge is 0.465 e. The van der Waals surface area contributed by atoms with Gasteiger partial charge in [-0.05, 0) is 26.0 Å². The summed E-state index contributed by atoms with van der Waals surface area (Å²) < 4.78 is 9.79. The van der Waals surface area contributed by atoms with E-state index in [0.29, 0.717) is 0 Å². The normalized spacial score (nSPS) is 14.1. The fraction of sp³-hybridized carbons (Fsp3) is 0.353. The molecule has 8 heteroatoms. The number of carbonyl (C=O) groups is 5. The van der Waals surface area contributed by atoms with Gasteiger partial charge in [0.05, 0.1) is 17.7 Å². The van der Waals surface area contributed by atoms with Crippen LogP contribution in [0.25, 0.3) is 0 Å². The second kappa shape index (κ2) is 7.25. The highest BCUT2D eigenvalue weighted by Gasteiger charge is 2.41. The van der Waals surface area contributed by atoms with E-state index in [-0.39, 0.29) is 23.5 Å². The molecule has 0 radical (unpaired) electrons. The minimum atomic E-state index is -1.26. The molecule has 0 saturated heterocycles. The number of imide groups is 1. The highest BCUT2D eigenvalue weighted by molar-refractivity contribution is 6.23. The number of esters is 2. The van der Waals surface area contributed by atoms with Gasteiger partial charge in [-0.25, -0.2) is 0 Å². The third kappa shape index (κ3) is 3.57. The second-order valence-electron chi connectivity index (χ2n) is 5.41. The van der Waals surface area contributed by atoms with E-state index in [1.54, 1.807) is 6.92 Å². The van der Waals surface area contributed by atoms with Crippen molar-refractivity contribution in [2.75, 3.05) is 13.2 Å². The first-order valence-electron chi connectivity index (χ1n) is 7.62. The van der Waals surface area contributed by atoms with Gasteiger partial charge in [-0.2, -0.15) is 0 Å². The first-order valence-corrected chi connectivity index (χ1v) is 7.62. The maximum absolute atomic E-state index is 12.6. The lowest BCUT2D eigenvalue weighted by Gasteiger charge is -2.19. The number of nitrogens with zero attached hydrogens (tertiary/aromatic N) is 1. The molecule has 0 spiro atoms. The van der Waals surface area contributed by atoms with Crippen molar-refractivity contribution in [1.29, 1.82) is 0 Å². The zero-order chi connectivity index (χ0) is 18.7. The first kappa shape index (κ1) is 18.3. The van der Waals surface area contributed by atoms with E-state index in [9.17, 15) is 24.0 Å². The predicted molar refractivity (Wildman–Crippen MR) is 83.9 cm³/mol. The number of ketones is 1. The molecule has 1 unspecified atom stereocenters. The van der Waals surface area contributed by atoms with Crippen LogP contribution in [0.5, 0.6) is 5.75 Å². The molecule has 0 aliphatic carbocycles. The van der Waals surface area contributed by atoms with Gasteiger partial charge in [0.25, 0.3) is 11.8 Å². The van der Waals surface area contributed by atoms with Crippen molar-refractivity contribution in [3.63, 3.8) is 0 Å². The van der Waals surface area contributed by atoms with Gasteiger partial charge in [0.2, 0.25) is 0 Å². The number of rotatable bonds is 6. The van der Waals surface area contributed by atoms with Crippen molar-refractivity contribution >= 4 is 29.5 Å². The summed E-state index contributed by atoms with van der Waals surface area (Å²) in [6.07, 6.45) is 0. The Kier molecular flexibility index (Phi) is 5.31. The van der Waals surface area contributed by atoms with Crippen LogP contribution in [0, 0.1) is 5.92 Å². The molecule has 25 heavy (non-hydrogen) atoms. The van der Waals surface area contributed by atoms with Crippen molar-refractivity contribution in [3.05, 3.63) is 29.3 Å². The summed E-state index contributed by atoms with van der Waals surface area (Å²) in [7, 11) is 0. The summed E-state index contributed by atoms with van der Waals surface area (Å²) >= 11 is 0. The van der Waals surface area contributed by atoms with Crippen LogP contribution < -0.4 is 4.74 Å². The van der Waals surface area contributed by atoms with Gasteiger partial charge in [0, 0.05) is 13.5 Å². The zero-order valence-electron chi connectivity index (χ0n) is 14.0. The Morgan fingerprint density at radius 3 is 2.36 bits per heavy atom. The molecule has 1 heterocycles. The molecule has 2 amide bonds. The van der Waals surface area contributed by atoms with Crippen molar-refractivity contribution in [1.82, 2.24) is 4.90 Å². The highest BCUT2D eigenvalue weighted by Crippen LogP contribution is 2.31. The molecular weight excluding hydrogens is 330 g/mol. The van der Waals surface area contributed by atoms with Gasteiger partial charge < -0.3 is 9.47 Å². The number of hydrogen-bond donors (Lipinski definition) is 0. The molecule has 1 atom stereocenters. The Balaban J connectivity index is 2.34. The number of amides is 2. The van der Waals surface area contributed by atoms with Gasteiger partial charge in [-0.15, -0.1) is 0 Å². The van der Waals surface area contributed by atoms with Crippen LogP contribution >= 0.6 is 0 Å². The third-order valence-electron chi connectivity index (χ3n) is 3.64. The lowest BCUT2D eigenvalue weighted by molar-refractivity contribution is -0.151. The van der Waals surface area contributed by atoms with Crippen LogP contribution in [0.2, 0.25) is 0 Å². The van der Waals surface area contributed by atoms with Crippen molar-refractivity contribution < 1.29 is 33.4 Å². The number of carbonyl (C=O) groups excluding carboxylic acids is 5. The molecule has 0 aromatic heterocycles. The molecule has 8 nitrogen and oxygen atoms in total. The fourth-order valence-corrected chi connectivity index (χ4v) is 2.50. The Morgan fingerprint density at radius 1 is 1.12 bits per heavy atom. The van der Waals surface area contributed by atoms with Gasteiger partial charge in [-0.3, -0.25) is 28.9 Å². The van der Waals surface area contributed by atoms with Gasteiger partial charge >= 0.3 is 11.9 Å². The van der Waals surface area contributed by atoms with Gasteiger partial charge in [0.1, 0.15) is 17.5 Å². The number of ether oxygens (including phenoxy) is 2. The molecule has 0 bridgehead atoms. The minimum absolute atomic E-state index is 0.0404. The average molecular weight is 347 g/mol. The highest BCUT2D eigenvalue weighted by atomic mass is 16.5. The quantitative estimate of drug-likeness (QED) is 0.327. The van der Waals surface area contributed by atoms with E-state index in [0.717, 1.165) is 4.90 Å². The topological polar surface area (TPSA) is 107 Å². The Labute approximate surface area is 143 Å². The Hall–Kier alpha value is -3.03. The van der Waals surface area contributed by atoms with E-state index in [1.807, 2.05) is 0 Å². The van der Waals surface area contributed by atoms with Crippen molar-refractivity contribution in [2.24, 2.45) is 5.92 Å². The number of Topliss-reactive ketones (excluding diaryl/α,β-unsaturated/α-hetero) is 1. The van der Waals surface area contributed by atoms with E-state index in [1.165, 1.54) is 32.0 Å². The minimum Gasteiger partial charge on any atom is -0.465 e. The smallest absolute Gasteiger partial charge is 0.318 e. The fourth-order valence-electron chi connectivity index (χ4n) is 2.50. The van der Waals surface area contributed by atoms with Crippen molar-refractivity contribution in [3.8, 4) is 5.75 Å². The molecular formula is C17H17NO7. The molecule has 0 N–H and O–H groups in total. The third-order valence-corrected chi connectivity index (χ3v) is 3.64. The Bertz CT molecular complexity index is 768. The SMILES string of the molecule is CCOC(=O)C(CN1C(=O)c2cccc(OC(C)=O)c2C1=O)C(C)=O. The van der Waals surface area contributed by atoms with Crippen LogP contribution in [-0.2, 0) is 19.1 Å². The average Bonchev–Trinajstić information content (AvgIpc) is 2.77. The van der Waals surface area contributed by atoms with Crippen molar-refractivity contribution in [2.45, 2.75) is 20.8 Å². The van der Waals surface area contributed by atoms with Crippen LogP contribution in [0.1, 0.15) is 41.5 Å². The van der Waals surface area contributed by atoms with E-state index >= 15 is 0 Å². The van der Waals surface area contributed by atoms with E-state index < -0.39 is 42.0 Å². The van der Waals surface area contributed by atoms with Crippen LogP contribution in [0.4, 0.5) is 0 Å². The second-order valence-corrected chi connectivity index (χ2v) is 5.41. The number of benzene rings is 1. The summed E-state index contributed by atoms with van der Waals surface area (Å²) in [5, 5.41) is 0. The number of fused-ring (bicyclic) bond motifs is 1. The molecule has 0 fully saturated rings. The zero-order valence-corrected chi connectivity index (χ0v) is 14.0. The summed E-state index contributed by atoms with van der Waals surface area (Å²) in [4.78, 5) is 60.7. The predicted octanol–water partition coefficient (Wildman–Crippen LogP) is 0.976. The molecule has 1 aliphatic rings. The summed E-state index contributed by atoms with van der Waals surface area (Å²) in [6.45, 7) is 3.58. The molecule has 2 rings (SSSR count). The number of hydrogen-bond acceptors (Lipinski definition) is 7. The van der Waals surface area contributed by atoms with Crippen LogP contribution in [-0.4, -0.2) is 47.6 Å². The maximum atomic E-state index is 12.6. The van der Waals surface area contributed by atoms with Crippen LogP contribution in [0.15, 0.2) is 18.2 Å². The molecule has 1 aromatic carbocycles. The van der Waals surface area contributed by atoms with Gasteiger partial charge in [-0.1, -0.05) is 6.07 Å². The van der Waals surface area contributed by atoms with Gasteiger partial charge in [0.15, 0.2) is 0 Å². The first-order chi connectivity index (χ1) is 11.8. The van der Waals surface area contributed by atoms with E-state index in [2.05, 4.69) is 0 Å². The summed E-state index contributed by atoms with van der Waals surface area (Å²) in [6, 6.07) is 4.28. The summed E-state index contributed by atoms with van der Waals surface area (Å²) in [5.74, 6) is -4.65. The molecule has 1 aliphatic heterocycles. The lowest BCUT2D eigenvalue weighted by atomic mass is 10.1. The lowest BCUT2D eigenvalue weighted by Crippen LogP contribution is -2.40. The maximum Gasteiger partial charge on any atom is 0.318 e. The molecule has 1 aromatic rings. The standard InChI is InChI=1S/C17H17NO7/c1-4-24-17(23)12(9(2)19)8-18-15(21)11-6-5-7-13(25-10(3)20)14(11)16(18)22/h5-7,12H,4,8H2,1-3H3. The van der Waals surface area contributed by atoms with E-state index in [4.69, 9.17) is 9.47 Å². The van der Waals surface area contributed by atoms with Crippen LogP contribution in [0.3, 0.4) is 0 Å². The molecule has 0 saturated carbocycles. The molecule has 132 valence electrons.